The molecule has 118 valence electrons. The average Bonchev–Trinajstić information content (AvgIpc) is 2.97. The summed E-state index contributed by atoms with van der Waals surface area (Å²) in [5, 5.41) is 17.9. The Labute approximate surface area is 139 Å². The number of fused-ring (bicyclic) bond motifs is 2. The van der Waals surface area contributed by atoms with Crippen molar-refractivity contribution in [1.82, 2.24) is 10.2 Å². The molecule has 0 bridgehead atoms. The molecule has 2 aromatic carbocycles. The van der Waals surface area contributed by atoms with Gasteiger partial charge in [-0.1, -0.05) is 24.3 Å². The molecular formula is C18H16BN3O2. The molecule has 0 unspecified atom stereocenters. The number of hydrogen-bond donors (Lipinski definition) is 3. The minimum Gasteiger partial charge on any atom is -0.433 e. The predicted octanol–water partition coefficient (Wildman–Crippen LogP) is 1.21. The average molecular weight is 317 g/mol. The molecule has 0 aliphatic carbocycles. The number of carbonyl (C=O) groups excluding carboxylic acids is 1. The van der Waals surface area contributed by atoms with Gasteiger partial charge in [-0.25, -0.2) is 0 Å². The second-order valence-corrected chi connectivity index (χ2v) is 5.93. The molecule has 0 saturated carbocycles. The van der Waals surface area contributed by atoms with E-state index in [1.807, 2.05) is 42.5 Å². The van der Waals surface area contributed by atoms with Crippen molar-refractivity contribution in [3.05, 3.63) is 66.0 Å². The number of hydrogen-bond acceptors (Lipinski definition) is 4. The second kappa shape index (κ2) is 6.07. The van der Waals surface area contributed by atoms with Crippen molar-refractivity contribution < 1.29 is 9.82 Å². The van der Waals surface area contributed by atoms with E-state index in [9.17, 15) is 9.82 Å². The highest BCUT2D eigenvalue weighted by molar-refractivity contribution is 6.65. The van der Waals surface area contributed by atoms with E-state index in [1.54, 1.807) is 12.4 Å². The van der Waals surface area contributed by atoms with Crippen molar-refractivity contribution in [2.24, 2.45) is 0 Å². The zero-order valence-corrected chi connectivity index (χ0v) is 13.0. The van der Waals surface area contributed by atoms with Crippen LogP contribution in [0.5, 0.6) is 0 Å². The molecule has 0 spiro atoms. The molecule has 0 radical (unpaired) electrons. The lowest BCUT2D eigenvalue weighted by atomic mass is 9.75. The maximum Gasteiger partial charge on any atom is 0.413 e. The van der Waals surface area contributed by atoms with Crippen molar-refractivity contribution in [3.8, 4) is 0 Å². The van der Waals surface area contributed by atoms with Crippen molar-refractivity contribution in [2.75, 3.05) is 5.32 Å². The summed E-state index contributed by atoms with van der Waals surface area (Å²) < 4.78 is 0. The summed E-state index contributed by atoms with van der Waals surface area (Å²) in [5.41, 5.74) is 3.59. The molecule has 6 heteroatoms. The van der Waals surface area contributed by atoms with E-state index in [4.69, 9.17) is 0 Å². The van der Waals surface area contributed by atoms with E-state index in [-0.39, 0.29) is 12.3 Å². The molecule has 0 atom stereocenters. The van der Waals surface area contributed by atoms with Gasteiger partial charge in [-0.2, -0.15) is 0 Å². The zero-order chi connectivity index (χ0) is 16.5. The summed E-state index contributed by atoms with van der Waals surface area (Å²) in [4.78, 5) is 16.5. The third kappa shape index (κ3) is 2.77. The van der Waals surface area contributed by atoms with E-state index in [1.165, 1.54) is 0 Å². The summed E-state index contributed by atoms with van der Waals surface area (Å²) in [6.07, 6.45) is 3.82. The lowest BCUT2D eigenvalue weighted by Gasteiger charge is -2.10. The molecule has 0 saturated heterocycles. The Balaban J connectivity index is 1.52. The number of nitrogens with one attached hydrogen (secondary N) is 2. The lowest BCUT2D eigenvalue weighted by Crippen LogP contribution is -2.37. The Morgan fingerprint density at radius 1 is 1.25 bits per heavy atom. The van der Waals surface area contributed by atoms with Crippen LogP contribution >= 0.6 is 0 Å². The highest BCUT2D eigenvalue weighted by atomic mass is 16.2. The maximum absolute atomic E-state index is 12.4. The van der Waals surface area contributed by atoms with E-state index < -0.39 is 7.05 Å². The quantitative estimate of drug-likeness (QED) is 0.635. The van der Waals surface area contributed by atoms with Gasteiger partial charge in [-0.15, -0.1) is 0 Å². The van der Waals surface area contributed by atoms with E-state index in [0.29, 0.717) is 6.54 Å². The van der Waals surface area contributed by atoms with Crippen LogP contribution in [0.1, 0.15) is 11.1 Å². The van der Waals surface area contributed by atoms with Crippen LogP contribution in [0, 0.1) is 0 Å². The number of carbonyl (C=O) groups is 1. The van der Waals surface area contributed by atoms with Gasteiger partial charge in [-0.05, 0) is 40.2 Å². The van der Waals surface area contributed by atoms with Crippen molar-refractivity contribution in [2.45, 2.75) is 13.0 Å². The summed E-state index contributed by atoms with van der Waals surface area (Å²) >= 11 is 0. The van der Waals surface area contributed by atoms with E-state index in [2.05, 4.69) is 15.5 Å². The Kier molecular flexibility index (Phi) is 3.76. The van der Waals surface area contributed by atoms with Crippen LogP contribution in [0.15, 0.2) is 54.9 Å². The van der Waals surface area contributed by atoms with Crippen LogP contribution in [0.25, 0.3) is 10.8 Å². The normalized spacial score (nSPS) is 13.1. The number of pyridine rings is 1. The Bertz CT molecular complexity index is 929. The first kappa shape index (κ1) is 14.9. The second-order valence-electron chi connectivity index (χ2n) is 5.93. The highest BCUT2D eigenvalue weighted by Crippen LogP contribution is 2.19. The molecule has 4 rings (SSSR count). The van der Waals surface area contributed by atoms with Gasteiger partial charge in [0.25, 0.3) is 0 Å². The third-order valence-corrected chi connectivity index (χ3v) is 4.35. The van der Waals surface area contributed by atoms with Crippen LogP contribution < -0.4 is 16.0 Å². The van der Waals surface area contributed by atoms with Gasteiger partial charge in [0.15, 0.2) is 0 Å². The van der Waals surface area contributed by atoms with Gasteiger partial charge >= 0.3 is 7.05 Å². The molecular weight excluding hydrogens is 301 g/mol. The number of benzene rings is 2. The molecule has 24 heavy (non-hydrogen) atoms. The zero-order valence-electron chi connectivity index (χ0n) is 13.0. The summed E-state index contributed by atoms with van der Waals surface area (Å²) in [6.45, 7) is 0.586. The van der Waals surface area contributed by atoms with Crippen molar-refractivity contribution >= 4 is 34.9 Å². The number of nitrogens with zero attached hydrogens (tertiary/aromatic N) is 1. The molecule has 0 fully saturated rings. The number of anilines is 1. The van der Waals surface area contributed by atoms with Gasteiger partial charge in [0, 0.05) is 30.0 Å². The predicted molar refractivity (Wildman–Crippen MR) is 95.0 cm³/mol. The Morgan fingerprint density at radius 2 is 2.17 bits per heavy atom. The highest BCUT2D eigenvalue weighted by Gasteiger charge is 2.26. The third-order valence-electron chi connectivity index (χ3n) is 4.35. The van der Waals surface area contributed by atoms with Gasteiger partial charge < -0.3 is 15.6 Å². The number of amides is 1. The van der Waals surface area contributed by atoms with Crippen LogP contribution in [-0.2, 0) is 17.8 Å². The first-order valence-corrected chi connectivity index (χ1v) is 7.86. The fourth-order valence-corrected chi connectivity index (χ4v) is 3.14. The summed E-state index contributed by atoms with van der Waals surface area (Å²) in [5.74, 6) is -0.0711. The maximum atomic E-state index is 12.4. The summed E-state index contributed by atoms with van der Waals surface area (Å²) in [7, 11) is -0.642. The molecule has 1 amide bonds. The Hall–Kier alpha value is -2.70. The molecule has 3 aromatic rings. The lowest BCUT2D eigenvalue weighted by molar-refractivity contribution is -0.115. The van der Waals surface area contributed by atoms with Gasteiger partial charge in [0.1, 0.15) is 0 Å². The topological polar surface area (TPSA) is 74.2 Å². The molecule has 1 aromatic heterocycles. The molecule has 2 heterocycles. The van der Waals surface area contributed by atoms with Gasteiger partial charge in [-0.3, -0.25) is 9.78 Å². The largest absolute Gasteiger partial charge is 0.433 e. The van der Waals surface area contributed by atoms with Gasteiger partial charge in [0.05, 0.1) is 6.42 Å². The smallest absolute Gasteiger partial charge is 0.413 e. The van der Waals surface area contributed by atoms with Crippen LogP contribution in [0.3, 0.4) is 0 Å². The standard InChI is InChI=1S/C18H16BN3O2/c23-18(9-13-2-1-3-17-16(13)11-21-19(17)24)22-15-5-4-14-10-20-7-6-12(14)8-15/h1-8,10,21,24H,9,11H2,(H,22,23). The van der Waals surface area contributed by atoms with Crippen molar-refractivity contribution in [3.63, 3.8) is 0 Å². The monoisotopic (exact) mass is 317 g/mol. The first-order valence-electron chi connectivity index (χ1n) is 7.86. The number of rotatable bonds is 3. The Morgan fingerprint density at radius 3 is 3.08 bits per heavy atom. The summed E-state index contributed by atoms with van der Waals surface area (Å²) in [6, 6.07) is 13.4. The first-order chi connectivity index (χ1) is 11.7. The fraction of sp³-hybridized carbons (Fsp3) is 0.111. The molecule has 5 nitrogen and oxygen atoms in total. The molecule has 3 N–H and O–H groups in total. The fourth-order valence-electron chi connectivity index (χ4n) is 3.14. The van der Waals surface area contributed by atoms with Gasteiger partial charge in [0.2, 0.25) is 5.91 Å². The molecule has 1 aliphatic heterocycles. The number of aromatic nitrogens is 1. The minimum absolute atomic E-state index is 0.0711. The van der Waals surface area contributed by atoms with Crippen molar-refractivity contribution in [1.29, 1.82) is 0 Å². The van der Waals surface area contributed by atoms with Crippen LogP contribution in [0.4, 0.5) is 5.69 Å². The molecule has 1 aliphatic rings. The van der Waals surface area contributed by atoms with E-state index in [0.717, 1.165) is 33.0 Å². The SMILES string of the molecule is O=C(Cc1cccc2c1CNB2O)Nc1ccc2cnccc2c1. The van der Waals surface area contributed by atoms with E-state index >= 15 is 0 Å². The van der Waals surface area contributed by atoms with Crippen LogP contribution in [0.2, 0.25) is 0 Å². The van der Waals surface area contributed by atoms with Crippen LogP contribution in [-0.4, -0.2) is 23.0 Å². The minimum atomic E-state index is -0.642.